The van der Waals surface area contributed by atoms with Crippen LogP contribution in [0.4, 0.5) is 4.39 Å². The molecule has 0 aliphatic carbocycles. The summed E-state index contributed by atoms with van der Waals surface area (Å²) in [6.45, 7) is 1.73. The van der Waals surface area contributed by atoms with E-state index in [0.29, 0.717) is 15.9 Å². The van der Waals surface area contributed by atoms with Crippen LogP contribution >= 0.6 is 28.1 Å². The minimum atomic E-state index is -0.252. The van der Waals surface area contributed by atoms with Gasteiger partial charge in [-0.25, -0.2) is 4.39 Å². The third-order valence-electron chi connectivity index (χ3n) is 3.31. The Bertz CT molecular complexity index is 901. The van der Waals surface area contributed by atoms with Crippen molar-refractivity contribution in [3.8, 4) is 11.4 Å². The Morgan fingerprint density at radius 3 is 2.71 bits per heavy atom. The van der Waals surface area contributed by atoms with Gasteiger partial charge in [-0.2, -0.15) is 0 Å². The Morgan fingerprint density at radius 2 is 2.00 bits per heavy atom. The van der Waals surface area contributed by atoms with E-state index in [4.69, 9.17) is 17.0 Å². The maximum Gasteiger partial charge on any atom is 0.182 e. The average Bonchev–Trinajstić information content (AvgIpc) is 2.74. The number of nitrogens with one attached hydrogen (secondary N) is 1. The van der Waals surface area contributed by atoms with Crippen LogP contribution in [0.25, 0.3) is 16.7 Å². The zero-order chi connectivity index (χ0) is 15.1. The number of aryl methyl sites for hydroxylation is 1. The quantitative estimate of drug-likeness (QED) is 0.653. The lowest BCUT2D eigenvalue weighted by Gasteiger charge is -2.09. The first-order chi connectivity index (χ1) is 9.99. The fraction of sp³-hybridized carbons (Fsp3) is 0.133. The lowest BCUT2D eigenvalue weighted by Crippen LogP contribution is -1.96. The number of fused-ring (bicyclic) bond motifs is 1. The van der Waals surface area contributed by atoms with Crippen molar-refractivity contribution in [2.24, 2.45) is 0 Å². The SMILES string of the molecule is COc1cc(Br)cc(-n2c(=S)[nH]c3cc(F)c(C)cc32)c1. The molecular formula is C15H12BrFN2OS. The zero-order valence-electron chi connectivity index (χ0n) is 11.4. The number of ether oxygens (including phenoxy) is 1. The van der Waals surface area contributed by atoms with Gasteiger partial charge < -0.3 is 9.72 Å². The molecule has 0 unspecified atom stereocenters. The van der Waals surface area contributed by atoms with Gasteiger partial charge in [-0.15, -0.1) is 0 Å². The van der Waals surface area contributed by atoms with Gasteiger partial charge in [-0.1, -0.05) is 15.9 Å². The highest BCUT2D eigenvalue weighted by Crippen LogP contribution is 2.28. The molecule has 0 radical (unpaired) electrons. The number of nitrogens with zero attached hydrogens (tertiary/aromatic N) is 1. The number of methoxy groups -OCH3 is 1. The van der Waals surface area contributed by atoms with Crippen molar-refractivity contribution in [3.05, 3.63) is 51.0 Å². The monoisotopic (exact) mass is 366 g/mol. The maximum atomic E-state index is 13.7. The van der Waals surface area contributed by atoms with Crippen LogP contribution in [-0.2, 0) is 0 Å². The van der Waals surface area contributed by atoms with Crippen molar-refractivity contribution in [3.63, 3.8) is 0 Å². The largest absolute Gasteiger partial charge is 0.497 e. The van der Waals surface area contributed by atoms with Gasteiger partial charge in [0.25, 0.3) is 0 Å². The highest BCUT2D eigenvalue weighted by molar-refractivity contribution is 9.10. The Balaban J connectivity index is 2.34. The molecule has 0 spiro atoms. The van der Waals surface area contributed by atoms with Crippen LogP contribution in [0.1, 0.15) is 5.56 Å². The number of imidazole rings is 1. The van der Waals surface area contributed by atoms with E-state index in [1.807, 2.05) is 22.8 Å². The van der Waals surface area contributed by atoms with Gasteiger partial charge in [0, 0.05) is 10.5 Å². The third kappa shape index (κ3) is 2.49. The predicted octanol–water partition coefficient (Wildman–Crippen LogP) is 4.91. The summed E-state index contributed by atoms with van der Waals surface area (Å²) in [4.78, 5) is 3.03. The highest BCUT2D eigenvalue weighted by Gasteiger charge is 2.11. The van der Waals surface area contributed by atoms with Gasteiger partial charge in [-0.05, 0) is 49.0 Å². The van der Waals surface area contributed by atoms with Crippen molar-refractivity contribution in [2.45, 2.75) is 6.92 Å². The fourth-order valence-electron chi connectivity index (χ4n) is 2.28. The average molecular weight is 367 g/mol. The standard InChI is InChI=1S/C15H12BrFN2OS/c1-8-3-14-13(7-12(8)17)18-15(21)19(14)10-4-9(16)5-11(6-10)20-2/h3-7H,1-2H3,(H,18,21). The molecule has 0 saturated heterocycles. The summed E-state index contributed by atoms with van der Waals surface area (Å²) in [5, 5.41) is 0. The van der Waals surface area contributed by atoms with Crippen molar-refractivity contribution in [1.29, 1.82) is 0 Å². The van der Waals surface area contributed by atoms with E-state index in [1.165, 1.54) is 6.07 Å². The van der Waals surface area contributed by atoms with E-state index < -0.39 is 0 Å². The second kappa shape index (κ2) is 5.27. The molecule has 1 N–H and O–H groups in total. The second-order valence-electron chi connectivity index (χ2n) is 4.73. The van der Waals surface area contributed by atoms with Crippen LogP contribution in [-0.4, -0.2) is 16.7 Å². The Hall–Kier alpha value is -1.66. The number of halogens is 2. The predicted molar refractivity (Wildman–Crippen MR) is 87.4 cm³/mol. The molecule has 0 bridgehead atoms. The Morgan fingerprint density at radius 1 is 1.24 bits per heavy atom. The molecule has 1 heterocycles. The molecule has 6 heteroatoms. The van der Waals surface area contributed by atoms with Crippen LogP contribution in [0.3, 0.4) is 0 Å². The zero-order valence-corrected chi connectivity index (χ0v) is 13.8. The van der Waals surface area contributed by atoms with Crippen LogP contribution in [0.2, 0.25) is 0 Å². The van der Waals surface area contributed by atoms with Gasteiger partial charge in [-0.3, -0.25) is 4.57 Å². The van der Waals surface area contributed by atoms with Gasteiger partial charge in [0.05, 0.1) is 23.8 Å². The summed E-state index contributed by atoms with van der Waals surface area (Å²) in [5.41, 5.74) is 2.93. The first-order valence-electron chi connectivity index (χ1n) is 6.25. The lowest BCUT2D eigenvalue weighted by atomic mass is 10.2. The van der Waals surface area contributed by atoms with Crippen molar-refractivity contribution in [1.82, 2.24) is 9.55 Å². The first kappa shape index (κ1) is 14.3. The van der Waals surface area contributed by atoms with E-state index >= 15 is 0 Å². The summed E-state index contributed by atoms with van der Waals surface area (Å²) in [6.07, 6.45) is 0. The molecule has 1 aromatic heterocycles. The topological polar surface area (TPSA) is 29.9 Å². The third-order valence-corrected chi connectivity index (χ3v) is 4.05. The molecule has 0 amide bonds. The molecule has 0 saturated carbocycles. The number of hydrogen-bond donors (Lipinski definition) is 1. The maximum absolute atomic E-state index is 13.7. The van der Waals surface area contributed by atoms with E-state index in [9.17, 15) is 4.39 Å². The minimum Gasteiger partial charge on any atom is -0.497 e. The van der Waals surface area contributed by atoms with Crippen LogP contribution in [0.15, 0.2) is 34.8 Å². The number of rotatable bonds is 2. The molecular weight excluding hydrogens is 355 g/mol. The van der Waals surface area contributed by atoms with E-state index in [0.717, 1.165) is 21.4 Å². The molecule has 108 valence electrons. The molecule has 2 aromatic carbocycles. The lowest BCUT2D eigenvalue weighted by molar-refractivity contribution is 0.414. The highest BCUT2D eigenvalue weighted by atomic mass is 79.9. The van der Waals surface area contributed by atoms with Crippen LogP contribution in [0, 0.1) is 17.5 Å². The van der Waals surface area contributed by atoms with Crippen LogP contribution < -0.4 is 4.74 Å². The molecule has 0 atom stereocenters. The number of benzene rings is 2. The summed E-state index contributed by atoms with van der Waals surface area (Å²) in [5.74, 6) is 0.465. The molecule has 0 aliphatic heterocycles. The summed E-state index contributed by atoms with van der Waals surface area (Å²) >= 11 is 8.83. The minimum absolute atomic E-state index is 0.252. The summed E-state index contributed by atoms with van der Waals surface area (Å²) in [7, 11) is 1.61. The molecule has 0 fully saturated rings. The number of aromatic amines is 1. The van der Waals surface area contributed by atoms with Gasteiger partial charge in [0.2, 0.25) is 0 Å². The van der Waals surface area contributed by atoms with Crippen LogP contribution in [0.5, 0.6) is 5.75 Å². The Labute approximate surface area is 134 Å². The molecule has 21 heavy (non-hydrogen) atoms. The summed E-state index contributed by atoms with van der Waals surface area (Å²) < 4.78 is 22.2. The fourth-order valence-corrected chi connectivity index (χ4v) is 3.06. The molecule has 3 nitrogen and oxygen atoms in total. The first-order valence-corrected chi connectivity index (χ1v) is 7.45. The van der Waals surface area contributed by atoms with Crippen molar-refractivity contribution < 1.29 is 9.13 Å². The molecule has 0 aliphatic rings. The summed E-state index contributed by atoms with van der Waals surface area (Å²) in [6, 6.07) is 8.93. The number of H-pyrrole nitrogens is 1. The second-order valence-corrected chi connectivity index (χ2v) is 6.04. The van der Waals surface area contributed by atoms with Gasteiger partial charge >= 0.3 is 0 Å². The normalized spacial score (nSPS) is 11.0. The van der Waals surface area contributed by atoms with Gasteiger partial charge in [0.1, 0.15) is 11.6 Å². The van der Waals surface area contributed by atoms with E-state index in [1.54, 1.807) is 20.1 Å². The van der Waals surface area contributed by atoms with Crippen molar-refractivity contribution in [2.75, 3.05) is 7.11 Å². The number of hydrogen-bond acceptors (Lipinski definition) is 2. The molecule has 3 aromatic rings. The Kier molecular flexibility index (Phi) is 3.59. The van der Waals surface area contributed by atoms with E-state index in [2.05, 4.69) is 20.9 Å². The molecule has 3 rings (SSSR count). The van der Waals surface area contributed by atoms with Crippen molar-refractivity contribution >= 4 is 39.2 Å². The van der Waals surface area contributed by atoms with E-state index in [-0.39, 0.29) is 5.82 Å². The smallest absolute Gasteiger partial charge is 0.182 e. The van der Waals surface area contributed by atoms with Gasteiger partial charge in [0.15, 0.2) is 4.77 Å². The number of aromatic nitrogens is 2.